The van der Waals surface area contributed by atoms with Crippen LogP contribution in [0.4, 0.5) is 5.69 Å². The Balaban J connectivity index is 3.09. The van der Waals surface area contributed by atoms with Crippen molar-refractivity contribution in [1.82, 2.24) is 4.31 Å². The smallest absolute Gasteiger partial charge is 0.244 e. The van der Waals surface area contributed by atoms with Gasteiger partial charge < -0.3 is 10.5 Å². The normalized spacial score (nSPS) is 11.4. The van der Waals surface area contributed by atoms with Crippen LogP contribution in [0.5, 0.6) is 0 Å². The molecular weight excluding hydrogens is 254 g/mol. The van der Waals surface area contributed by atoms with E-state index < -0.39 is 10.0 Å². The summed E-state index contributed by atoms with van der Waals surface area (Å²) in [5, 5.41) is 8.70. The maximum atomic E-state index is 12.2. The highest BCUT2D eigenvalue weighted by Crippen LogP contribution is 2.22. The molecule has 0 bridgehead atoms. The maximum absolute atomic E-state index is 12.2. The van der Waals surface area contributed by atoms with Crippen LogP contribution in [-0.2, 0) is 14.8 Å². The number of nitrogens with two attached hydrogens (primary N) is 1. The largest absolute Gasteiger partial charge is 0.398 e. The molecule has 1 aromatic rings. The number of hydrogen-bond donors (Lipinski definition) is 1. The lowest BCUT2D eigenvalue weighted by atomic mass is 10.2. The fourth-order valence-corrected chi connectivity index (χ4v) is 2.61. The number of anilines is 1. The first-order valence-electron chi connectivity index (χ1n) is 5.18. The standard InChI is InChI=1S/C11H15N3O3S/c1-14(5-6-17-2)18(15,16)11-4-3-9(8-12)7-10(11)13/h3-4,7H,5-6,13H2,1-2H3. The van der Waals surface area contributed by atoms with Gasteiger partial charge in [-0.3, -0.25) is 0 Å². The van der Waals surface area contributed by atoms with Gasteiger partial charge in [-0.1, -0.05) is 0 Å². The fourth-order valence-electron chi connectivity index (χ4n) is 1.36. The van der Waals surface area contributed by atoms with Crippen LogP contribution in [0.1, 0.15) is 5.56 Å². The molecule has 1 rings (SSSR count). The van der Waals surface area contributed by atoms with Gasteiger partial charge in [0.05, 0.1) is 23.9 Å². The van der Waals surface area contributed by atoms with Gasteiger partial charge in [0, 0.05) is 20.7 Å². The Bertz CT molecular complexity index is 563. The summed E-state index contributed by atoms with van der Waals surface area (Å²) in [6.07, 6.45) is 0. The Morgan fingerprint density at radius 1 is 1.50 bits per heavy atom. The number of nitriles is 1. The molecule has 0 aromatic heterocycles. The van der Waals surface area contributed by atoms with E-state index in [0.29, 0.717) is 12.2 Å². The lowest BCUT2D eigenvalue weighted by Gasteiger charge is -2.17. The minimum absolute atomic E-state index is 0.0000954. The van der Waals surface area contributed by atoms with Crippen LogP contribution < -0.4 is 5.73 Å². The molecule has 0 saturated heterocycles. The average Bonchev–Trinajstić information content (AvgIpc) is 2.35. The molecule has 7 heteroatoms. The molecule has 0 atom stereocenters. The molecular formula is C11H15N3O3S. The number of nitrogens with zero attached hydrogens (tertiary/aromatic N) is 2. The molecule has 2 N–H and O–H groups in total. The van der Waals surface area contributed by atoms with Gasteiger partial charge in [0.2, 0.25) is 10.0 Å². The predicted octanol–water partition coefficient (Wildman–Crippen LogP) is 0.407. The zero-order valence-corrected chi connectivity index (χ0v) is 11.1. The summed E-state index contributed by atoms with van der Waals surface area (Å²) in [6.45, 7) is 0.532. The average molecular weight is 269 g/mol. The van der Waals surface area contributed by atoms with Crippen molar-refractivity contribution in [2.75, 3.05) is 33.0 Å². The van der Waals surface area contributed by atoms with Gasteiger partial charge in [-0.15, -0.1) is 0 Å². The number of nitrogen functional groups attached to an aromatic ring is 1. The number of benzene rings is 1. The van der Waals surface area contributed by atoms with Crippen LogP contribution in [0, 0.1) is 11.3 Å². The first-order chi connectivity index (χ1) is 8.43. The number of ether oxygens (including phenoxy) is 1. The quantitative estimate of drug-likeness (QED) is 0.781. The summed E-state index contributed by atoms with van der Waals surface area (Å²) in [5.74, 6) is 0. The molecule has 0 aliphatic carbocycles. The van der Waals surface area contributed by atoms with Crippen LogP contribution in [0.2, 0.25) is 0 Å². The van der Waals surface area contributed by atoms with Gasteiger partial charge in [-0.05, 0) is 18.2 Å². The number of sulfonamides is 1. The van der Waals surface area contributed by atoms with Gasteiger partial charge >= 0.3 is 0 Å². The second-order valence-corrected chi connectivity index (χ2v) is 5.70. The monoisotopic (exact) mass is 269 g/mol. The summed E-state index contributed by atoms with van der Waals surface area (Å²) < 4.78 is 30.3. The number of rotatable bonds is 5. The molecule has 0 aliphatic rings. The van der Waals surface area contributed by atoms with Gasteiger partial charge in [0.15, 0.2) is 0 Å². The van der Waals surface area contributed by atoms with Gasteiger partial charge in [0.25, 0.3) is 0 Å². The Kier molecular flexibility index (Phi) is 4.67. The number of methoxy groups -OCH3 is 1. The molecule has 98 valence electrons. The van der Waals surface area contributed by atoms with Crippen molar-refractivity contribution in [3.8, 4) is 6.07 Å². The molecule has 0 spiro atoms. The first-order valence-corrected chi connectivity index (χ1v) is 6.62. The highest BCUT2D eigenvalue weighted by atomic mass is 32.2. The van der Waals surface area contributed by atoms with E-state index in [1.807, 2.05) is 6.07 Å². The summed E-state index contributed by atoms with van der Waals surface area (Å²) in [4.78, 5) is 0.0000954. The topological polar surface area (TPSA) is 96.4 Å². The molecule has 18 heavy (non-hydrogen) atoms. The Labute approximate surface area is 107 Å². The molecule has 0 radical (unpaired) electrons. The van der Waals surface area contributed by atoms with Crippen molar-refractivity contribution in [2.24, 2.45) is 0 Å². The van der Waals surface area contributed by atoms with Gasteiger partial charge in [-0.2, -0.15) is 9.57 Å². The van der Waals surface area contributed by atoms with Crippen molar-refractivity contribution >= 4 is 15.7 Å². The minimum Gasteiger partial charge on any atom is -0.398 e. The Morgan fingerprint density at radius 2 is 2.17 bits per heavy atom. The van der Waals surface area contributed by atoms with E-state index in [1.54, 1.807) is 0 Å². The second kappa shape index (κ2) is 5.82. The molecule has 6 nitrogen and oxygen atoms in total. The van der Waals surface area contributed by atoms with E-state index in [9.17, 15) is 8.42 Å². The van der Waals surface area contributed by atoms with Crippen LogP contribution in [0.3, 0.4) is 0 Å². The molecule has 0 saturated carbocycles. The van der Waals surface area contributed by atoms with E-state index in [-0.39, 0.29) is 17.1 Å². The summed E-state index contributed by atoms with van der Waals surface area (Å²) in [7, 11) is -0.701. The van der Waals surface area contributed by atoms with Gasteiger partial charge in [-0.25, -0.2) is 8.42 Å². The van der Waals surface area contributed by atoms with Gasteiger partial charge in [0.1, 0.15) is 4.90 Å². The molecule has 0 heterocycles. The SMILES string of the molecule is COCCN(C)S(=O)(=O)c1ccc(C#N)cc1N. The second-order valence-electron chi connectivity index (χ2n) is 3.68. The molecule has 1 aromatic carbocycles. The highest BCUT2D eigenvalue weighted by Gasteiger charge is 2.22. The van der Waals surface area contributed by atoms with Crippen LogP contribution >= 0.6 is 0 Å². The van der Waals surface area contributed by atoms with E-state index >= 15 is 0 Å². The Hall–Kier alpha value is -1.62. The van der Waals surface area contributed by atoms with Crippen molar-refractivity contribution < 1.29 is 13.2 Å². The molecule has 0 unspecified atom stereocenters. The zero-order valence-electron chi connectivity index (χ0n) is 10.3. The van der Waals surface area contributed by atoms with Crippen molar-refractivity contribution in [2.45, 2.75) is 4.90 Å². The van der Waals surface area contributed by atoms with Crippen LogP contribution in [-0.4, -0.2) is 40.0 Å². The third-order valence-corrected chi connectivity index (χ3v) is 4.37. The first kappa shape index (κ1) is 14.4. The van der Waals surface area contributed by atoms with E-state index in [2.05, 4.69) is 0 Å². The molecule has 0 aliphatic heterocycles. The van der Waals surface area contributed by atoms with Crippen LogP contribution in [0.15, 0.2) is 23.1 Å². The molecule has 0 fully saturated rings. The van der Waals surface area contributed by atoms with Crippen molar-refractivity contribution in [3.63, 3.8) is 0 Å². The Morgan fingerprint density at radius 3 is 2.67 bits per heavy atom. The highest BCUT2D eigenvalue weighted by molar-refractivity contribution is 7.89. The van der Waals surface area contributed by atoms with Crippen molar-refractivity contribution in [1.29, 1.82) is 5.26 Å². The zero-order chi connectivity index (χ0) is 13.8. The lowest BCUT2D eigenvalue weighted by molar-refractivity contribution is 0.185. The number of hydrogen-bond acceptors (Lipinski definition) is 5. The lowest BCUT2D eigenvalue weighted by Crippen LogP contribution is -2.30. The third kappa shape index (κ3) is 2.98. The third-order valence-electron chi connectivity index (χ3n) is 2.44. The minimum atomic E-state index is -3.65. The van der Waals surface area contributed by atoms with E-state index in [0.717, 1.165) is 4.31 Å². The fraction of sp³-hybridized carbons (Fsp3) is 0.364. The summed E-state index contributed by atoms with van der Waals surface area (Å²) in [6, 6.07) is 6.01. The van der Waals surface area contributed by atoms with Crippen LogP contribution in [0.25, 0.3) is 0 Å². The summed E-state index contributed by atoms with van der Waals surface area (Å²) in [5.41, 5.74) is 6.05. The molecule has 0 amide bonds. The maximum Gasteiger partial charge on any atom is 0.244 e. The number of likely N-dealkylation sites (N-methyl/N-ethyl adjacent to an activating group) is 1. The summed E-state index contributed by atoms with van der Waals surface area (Å²) >= 11 is 0. The van der Waals surface area contributed by atoms with Crippen molar-refractivity contribution in [3.05, 3.63) is 23.8 Å². The van der Waals surface area contributed by atoms with E-state index in [1.165, 1.54) is 32.4 Å². The predicted molar refractivity (Wildman–Crippen MR) is 67.3 cm³/mol. The van der Waals surface area contributed by atoms with E-state index in [4.69, 9.17) is 15.7 Å².